The van der Waals surface area contributed by atoms with E-state index in [1.807, 2.05) is 27.7 Å². The summed E-state index contributed by atoms with van der Waals surface area (Å²) in [7, 11) is 0. The first-order valence-corrected chi connectivity index (χ1v) is 10.5. The molecule has 0 bridgehead atoms. The molecule has 0 aliphatic carbocycles. The molecular formula is C24H32ClN3O4. The van der Waals surface area contributed by atoms with Gasteiger partial charge in [0.2, 0.25) is 0 Å². The van der Waals surface area contributed by atoms with Crippen LogP contribution in [-0.2, 0) is 17.7 Å². The predicted octanol–water partition coefficient (Wildman–Crippen LogP) is 4.05. The van der Waals surface area contributed by atoms with E-state index in [0.717, 1.165) is 46.4 Å². The average Bonchev–Trinajstić information content (AvgIpc) is 2.75. The predicted molar refractivity (Wildman–Crippen MR) is 127 cm³/mol. The Bertz CT molecular complexity index is 1010. The van der Waals surface area contributed by atoms with Crippen LogP contribution in [0, 0.1) is 26.2 Å². The van der Waals surface area contributed by atoms with Crippen LogP contribution in [0.3, 0.4) is 0 Å². The van der Waals surface area contributed by atoms with Gasteiger partial charge in [0, 0.05) is 18.5 Å². The Morgan fingerprint density at radius 3 is 2.50 bits per heavy atom. The quantitative estimate of drug-likeness (QED) is 0.293. The minimum atomic E-state index is -0.434. The number of ether oxygens (including phenoxy) is 2. The number of fused-ring (bicyclic) bond motifs is 1. The summed E-state index contributed by atoms with van der Waals surface area (Å²) in [6.45, 7) is 8.52. The Hall–Kier alpha value is -2.93. The highest BCUT2D eigenvalue weighted by atomic mass is 35.5. The minimum Gasteiger partial charge on any atom is -0.507 e. The lowest BCUT2D eigenvalue weighted by atomic mass is 9.86. The number of phenols is 1. The van der Waals surface area contributed by atoms with E-state index >= 15 is 0 Å². The molecule has 5 N–H and O–H groups in total. The Balaban J connectivity index is 0.00000363. The highest BCUT2D eigenvalue weighted by molar-refractivity contribution is 5.89. The summed E-state index contributed by atoms with van der Waals surface area (Å²) >= 11 is 0. The molecule has 1 atom stereocenters. The number of phenolic OH excluding ortho intramolecular Hbond substituents is 1. The fraction of sp³-hybridized carbons (Fsp3) is 0.417. The zero-order valence-electron chi connectivity index (χ0n) is 19.0. The summed E-state index contributed by atoms with van der Waals surface area (Å²) < 4.78 is 11.9. The number of hydrogen-bond donors (Lipinski definition) is 4. The first-order valence-electron chi connectivity index (χ1n) is 10.5. The molecule has 0 amide bonds. The van der Waals surface area contributed by atoms with Crippen molar-refractivity contribution in [3.05, 3.63) is 57.6 Å². The van der Waals surface area contributed by atoms with Gasteiger partial charge >= 0.3 is 5.97 Å². The summed E-state index contributed by atoms with van der Waals surface area (Å²) in [5.41, 5.74) is 9.98. The monoisotopic (exact) mass is 461 g/mol. The van der Waals surface area contributed by atoms with E-state index in [2.05, 4.69) is 5.32 Å². The van der Waals surface area contributed by atoms with E-state index in [1.165, 1.54) is 0 Å². The number of nitrogens with one attached hydrogen (secondary N) is 2. The van der Waals surface area contributed by atoms with Crippen molar-refractivity contribution in [3.63, 3.8) is 0 Å². The van der Waals surface area contributed by atoms with Crippen LogP contribution in [-0.4, -0.2) is 29.2 Å². The molecule has 2 aromatic carbocycles. The molecular weight excluding hydrogens is 430 g/mol. The van der Waals surface area contributed by atoms with Crippen LogP contribution >= 0.6 is 12.4 Å². The molecule has 0 spiro atoms. The van der Waals surface area contributed by atoms with E-state index < -0.39 is 5.60 Å². The first kappa shape index (κ1) is 25.3. The summed E-state index contributed by atoms with van der Waals surface area (Å²) in [5.74, 6) is 0.726. The van der Waals surface area contributed by atoms with Gasteiger partial charge in [-0.05, 0) is 74.9 Å². The molecule has 174 valence electrons. The van der Waals surface area contributed by atoms with Gasteiger partial charge in [0.1, 0.15) is 17.1 Å². The molecule has 32 heavy (non-hydrogen) atoms. The molecule has 0 saturated heterocycles. The van der Waals surface area contributed by atoms with Crippen molar-refractivity contribution in [3.8, 4) is 11.5 Å². The van der Waals surface area contributed by atoms with Crippen molar-refractivity contribution in [2.45, 2.75) is 59.1 Å². The van der Waals surface area contributed by atoms with Crippen molar-refractivity contribution in [2.75, 3.05) is 6.61 Å². The molecule has 0 aromatic heterocycles. The van der Waals surface area contributed by atoms with Gasteiger partial charge < -0.3 is 25.6 Å². The number of aromatic hydroxyl groups is 1. The number of esters is 1. The van der Waals surface area contributed by atoms with Crippen LogP contribution in [0.2, 0.25) is 0 Å². The number of carbonyl (C=O) groups is 1. The standard InChI is InChI=1S/C24H31N3O4.ClH/c1-14-15(2)21-19(16(3)20(14)28)9-10-24(4,31-21)11-12-30-22(29)18-7-5-17(6-8-18)13-27-23(25)26;/h5-8,28H,9-13H2,1-4H3,(H4,25,26,27);1H. The van der Waals surface area contributed by atoms with Gasteiger partial charge in [-0.25, -0.2) is 4.79 Å². The van der Waals surface area contributed by atoms with Gasteiger partial charge in [-0.1, -0.05) is 12.1 Å². The number of carbonyl (C=O) groups excluding carboxylic acids is 1. The summed E-state index contributed by atoms with van der Waals surface area (Å²) in [5, 5.41) is 20.2. The number of hydrogen-bond acceptors (Lipinski definition) is 5. The molecule has 0 fully saturated rings. The molecule has 1 aliphatic rings. The molecule has 1 unspecified atom stereocenters. The lowest BCUT2D eigenvalue weighted by molar-refractivity contribution is 0.0178. The Morgan fingerprint density at radius 1 is 1.22 bits per heavy atom. The van der Waals surface area contributed by atoms with E-state index in [4.69, 9.17) is 20.6 Å². The minimum absolute atomic E-state index is 0. The van der Waals surface area contributed by atoms with Gasteiger partial charge in [-0.2, -0.15) is 0 Å². The Kier molecular flexibility index (Phi) is 8.02. The third kappa shape index (κ3) is 5.46. The summed E-state index contributed by atoms with van der Waals surface area (Å²) in [6.07, 6.45) is 2.19. The van der Waals surface area contributed by atoms with E-state index in [-0.39, 0.29) is 30.9 Å². The highest BCUT2D eigenvalue weighted by Crippen LogP contribution is 2.44. The second-order valence-electron chi connectivity index (χ2n) is 8.43. The van der Waals surface area contributed by atoms with Gasteiger partial charge in [0.05, 0.1) is 12.2 Å². The zero-order chi connectivity index (χ0) is 22.8. The largest absolute Gasteiger partial charge is 0.507 e. The third-order valence-electron chi connectivity index (χ3n) is 6.13. The van der Waals surface area contributed by atoms with Crippen molar-refractivity contribution in [1.29, 1.82) is 5.41 Å². The average molecular weight is 462 g/mol. The normalized spacial score (nSPS) is 16.9. The van der Waals surface area contributed by atoms with Gasteiger partial charge in [-0.3, -0.25) is 5.41 Å². The van der Waals surface area contributed by atoms with Crippen LogP contribution in [0.25, 0.3) is 0 Å². The lowest BCUT2D eigenvalue weighted by Gasteiger charge is -2.37. The number of rotatable bonds is 6. The Labute approximate surface area is 195 Å². The van der Waals surface area contributed by atoms with Crippen LogP contribution in [0.1, 0.15) is 57.9 Å². The topological polar surface area (TPSA) is 118 Å². The van der Waals surface area contributed by atoms with Crippen LogP contribution < -0.4 is 15.8 Å². The van der Waals surface area contributed by atoms with Gasteiger partial charge in [-0.15, -0.1) is 12.4 Å². The maximum atomic E-state index is 12.4. The summed E-state index contributed by atoms with van der Waals surface area (Å²) in [6, 6.07) is 7.02. The van der Waals surface area contributed by atoms with Crippen molar-refractivity contribution in [1.82, 2.24) is 5.32 Å². The highest BCUT2D eigenvalue weighted by Gasteiger charge is 2.34. The Morgan fingerprint density at radius 2 is 1.88 bits per heavy atom. The fourth-order valence-corrected chi connectivity index (χ4v) is 3.87. The lowest BCUT2D eigenvalue weighted by Crippen LogP contribution is -2.38. The summed E-state index contributed by atoms with van der Waals surface area (Å²) in [4.78, 5) is 12.4. The van der Waals surface area contributed by atoms with Crippen LogP contribution in [0.15, 0.2) is 24.3 Å². The van der Waals surface area contributed by atoms with Crippen LogP contribution in [0.4, 0.5) is 0 Å². The molecule has 0 saturated carbocycles. The number of nitrogens with two attached hydrogens (primary N) is 1. The molecule has 2 aromatic rings. The maximum Gasteiger partial charge on any atom is 0.338 e. The van der Waals surface area contributed by atoms with E-state index in [0.29, 0.717) is 24.3 Å². The maximum absolute atomic E-state index is 12.4. The number of halogens is 1. The molecule has 1 aliphatic heterocycles. The molecule has 8 heteroatoms. The van der Waals surface area contributed by atoms with E-state index in [1.54, 1.807) is 24.3 Å². The van der Waals surface area contributed by atoms with Gasteiger partial charge in [0.25, 0.3) is 0 Å². The zero-order valence-corrected chi connectivity index (χ0v) is 19.8. The third-order valence-corrected chi connectivity index (χ3v) is 6.13. The van der Waals surface area contributed by atoms with Crippen molar-refractivity contribution >= 4 is 24.3 Å². The second-order valence-corrected chi connectivity index (χ2v) is 8.43. The molecule has 7 nitrogen and oxygen atoms in total. The SMILES string of the molecule is Cc1c(C)c2c(c(C)c1O)CCC(C)(CCOC(=O)c1ccc(CNC(=N)N)cc1)O2.Cl. The molecule has 0 radical (unpaired) electrons. The van der Waals surface area contributed by atoms with Crippen molar-refractivity contribution < 1.29 is 19.4 Å². The van der Waals surface area contributed by atoms with Crippen molar-refractivity contribution in [2.24, 2.45) is 5.73 Å². The second kappa shape index (κ2) is 10.1. The number of guanidine groups is 1. The smallest absolute Gasteiger partial charge is 0.338 e. The number of benzene rings is 2. The van der Waals surface area contributed by atoms with Gasteiger partial charge in [0.15, 0.2) is 5.96 Å². The van der Waals surface area contributed by atoms with Crippen LogP contribution in [0.5, 0.6) is 11.5 Å². The molecule has 3 rings (SSSR count). The molecule has 1 heterocycles. The fourth-order valence-electron chi connectivity index (χ4n) is 3.87. The first-order chi connectivity index (χ1) is 14.6. The van der Waals surface area contributed by atoms with E-state index in [9.17, 15) is 9.90 Å².